The summed E-state index contributed by atoms with van der Waals surface area (Å²) in [5, 5.41) is 9.81. The fourth-order valence-corrected chi connectivity index (χ4v) is 3.79. The monoisotopic (exact) mass is 441 g/mol. The second kappa shape index (κ2) is 8.69. The number of aromatic nitrogens is 4. The zero-order valence-corrected chi connectivity index (χ0v) is 18.1. The second-order valence-corrected chi connectivity index (χ2v) is 7.77. The van der Waals surface area contributed by atoms with Gasteiger partial charge in [0.2, 0.25) is 0 Å². The Bertz CT molecular complexity index is 1380. The molecule has 0 fully saturated rings. The lowest BCUT2D eigenvalue weighted by molar-refractivity contribution is 0.414. The molecule has 0 amide bonds. The SMILES string of the molecule is COc1cccc(Cn2nc(Nc3cccc(Cl)c3)c3cc(-c4cccnc4)cnc32)c1. The minimum atomic E-state index is 0.560. The van der Waals surface area contributed by atoms with E-state index in [9.17, 15) is 0 Å². The molecule has 6 nitrogen and oxygen atoms in total. The summed E-state index contributed by atoms with van der Waals surface area (Å²) in [5.74, 6) is 1.52. The number of methoxy groups -OCH3 is 1. The van der Waals surface area contributed by atoms with E-state index in [0.29, 0.717) is 17.4 Å². The molecule has 0 spiro atoms. The topological polar surface area (TPSA) is 64.9 Å². The van der Waals surface area contributed by atoms with E-state index in [0.717, 1.165) is 39.2 Å². The minimum absolute atomic E-state index is 0.560. The molecule has 0 unspecified atom stereocenters. The van der Waals surface area contributed by atoms with E-state index in [2.05, 4.69) is 16.4 Å². The predicted molar refractivity (Wildman–Crippen MR) is 128 cm³/mol. The Balaban J connectivity index is 1.60. The molecule has 3 heterocycles. The normalized spacial score (nSPS) is 10.9. The number of pyridine rings is 2. The summed E-state index contributed by atoms with van der Waals surface area (Å²) in [6.07, 6.45) is 5.44. The molecule has 0 saturated carbocycles. The van der Waals surface area contributed by atoms with Crippen LogP contribution in [-0.2, 0) is 6.54 Å². The van der Waals surface area contributed by atoms with E-state index >= 15 is 0 Å². The number of hydrogen-bond donors (Lipinski definition) is 1. The van der Waals surface area contributed by atoms with Gasteiger partial charge in [-0.2, -0.15) is 5.10 Å². The van der Waals surface area contributed by atoms with Crippen molar-refractivity contribution in [3.63, 3.8) is 0 Å². The van der Waals surface area contributed by atoms with Gasteiger partial charge >= 0.3 is 0 Å². The van der Waals surface area contributed by atoms with Crippen LogP contribution in [0.15, 0.2) is 85.3 Å². The van der Waals surface area contributed by atoms with E-state index in [-0.39, 0.29) is 0 Å². The first-order valence-corrected chi connectivity index (χ1v) is 10.5. The molecule has 5 rings (SSSR count). The van der Waals surface area contributed by atoms with Gasteiger partial charge in [-0.25, -0.2) is 9.67 Å². The quantitative estimate of drug-likeness (QED) is 0.353. The van der Waals surface area contributed by atoms with Crippen LogP contribution in [0.5, 0.6) is 5.75 Å². The second-order valence-electron chi connectivity index (χ2n) is 7.33. The van der Waals surface area contributed by atoms with Gasteiger partial charge in [-0.1, -0.05) is 35.9 Å². The Kier molecular flexibility index (Phi) is 5.44. The summed E-state index contributed by atoms with van der Waals surface area (Å²) in [6.45, 7) is 0.560. The lowest BCUT2D eigenvalue weighted by Gasteiger charge is -2.06. The van der Waals surface area contributed by atoms with Crippen molar-refractivity contribution in [2.24, 2.45) is 0 Å². The van der Waals surface area contributed by atoms with Gasteiger partial charge in [-0.05, 0) is 48.0 Å². The van der Waals surface area contributed by atoms with Gasteiger partial charge in [0, 0.05) is 40.4 Å². The molecule has 0 bridgehead atoms. The molecule has 7 heteroatoms. The highest BCUT2D eigenvalue weighted by Gasteiger charge is 2.15. The molecule has 0 aliphatic heterocycles. The molecule has 0 aliphatic rings. The average molecular weight is 442 g/mol. The van der Waals surface area contributed by atoms with Gasteiger partial charge in [-0.15, -0.1) is 0 Å². The molecule has 32 heavy (non-hydrogen) atoms. The maximum atomic E-state index is 6.18. The summed E-state index contributed by atoms with van der Waals surface area (Å²) in [7, 11) is 1.66. The van der Waals surface area contributed by atoms with Crippen LogP contribution in [0, 0.1) is 0 Å². The van der Waals surface area contributed by atoms with Crippen molar-refractivity contribution in [2.45, 2.75) is 6.54 Å². The van der Waals surface area contributed by atoms with Crippen molar-refractivity contribution in [3.05, 3.63) is 95.9 Å². The molecule has 0 saturated heterocycles. The standard InChI is InChI=1S/C25H20ClN5O/c1-32-22-9-2-5-17(11-22)16-31-25-23(12-19(15-28-25)18-6-4-10-27-14-18)24(30-31)29-21-8-3-7-20(26)13-21/h2-15H,16H2,1H3,(H,29,30). The molecule has 2 aromatic carbocycles. The van der Waals surface area contributed by atoms with Crippen molar-refractivity contribution in [3.8, 4) is 16.9 Å². The summed E-state index contributed by atoms with van der Waals surface area (Å²) in [5.41, 5.74) is 4.68. The van der Waals surface area contributed by atoms with Crippen LogP contribution in [0.2, 0.25) is 5.02 Å². The highest BCUT2D eigenvalue weighted by Crippen LogP contribution is 2.30. The van der Waals surface area contributed by atoms with Crippen molar-refractivity contribution >= 4 is 34.1 Å². The molecule has 0 aliphatic carbocycles. The molecule has 0 radical (unpaired) electrons. The molecule has 0 atom stereocenters. The fraction of sp³-hybridized carbons (Fsp3) is 0.0800. The summed E-state index contributed by atoms with van der Waals surface area (Å²) in [6, 6.07) is 21.5. The van der Waals surface area contributed by atoms with Gasteiger partial charge in [0.15, 0.2) is 11.5 Å². The van der Waals surface area contributed by atoms with Crippen LogP contribution < -0.4 is 10.1 Å². The first kappa shape index (κ1) is 20.0. The molecule has 158 valence electrons. The third-order valence-corrected chi connectivity index (χ3v) is 5.37. The Hall–Kier alpha value is -3.90. The van der Waals surface area contributed by atoms with E-state index in [1.54, 1.807) is 13.3 Å². The Morgan fingerprint density at radius 2 is 1.88 bits per heavy atom. The maximum Gasteiger partial charge on any atom is 0.162 e. The summed E-state index contributed by atoms with van der Waals surface area (Å²) in [4.78, 5) is 8.98. The molecule has 5 aromatic rings. The number of hydrogen-bond acceptors (Lipinski definition) is 5. The number of nitrogens with one attached hydrogen (secondary N) is 1. The van der Waals surface area contributed by atoms with Crippen molar-refractivity contribution in [1.29, 1.82) is 0 Å². The average Bonchev–Trinajstić information content (AvgIpc) is 3.16. The van der Waals surface area contributed by atoms with Gasteiger partial charge < -0.3 is 10.1 Å². The molecular weight excluding hydrogens is 422 g/mol. The zero-order chi connectivity index (χ0) is 21.9. The molecule has 3 aromatic heterocycles. The number of anilines is 2. The van der Waals surface area contributed by atoms with Crippen LogP contribution >= 0.6 is 11.6 Å². The van der Waals surface area contributed by atoms with Crippen LogP contribution in [0.4, 0.5) is 11.5 Å². The lowest BCUT2D eigenvalue weighted by atomic mass is 10.1. The highest BCUT2D eigenvalue weighted by atomic mass is 35.5. The van der Waals surface area contributed by atoms with E-state index in [1.807, 2.05) is 77.7 Å². The van der Waals surface area contributed by atoms with Gasteiger partial charge in [0.05, 0.1) is 19.0 Å². The number of ether oxygens (including phenoxy) is 1. The number of fused-ring (bicyclic) bond motifs is 1. The third-order valence-electron chi connectivity index (χ3n) is 5.14. The largest absolute Gasteiger partial charge is 0.497 e. The van der Waals surface area contributed by atoms with E-state index in [1.165, 1.54) is 0 Å². The Morgan fingerprint density at radius 3 is 2.69 bits per heavy atom. The smallest absolute Gasteiger partial charge is 0.162 e. The number of nitrogens with zero attached hydrogens (tertiary/aromatic N) is 4. The van der Waals surface area contributed by atoms with Crippen LogP contribution in [0.25, 0.3) is 22.2 Å². The lowest BCUT2D eigenvalue weighted by Crippen LogP contribution is -2.03. The number of halogens is 1. The minimum Gasteiger partial charge on any atom is -0.497 e. The Labute approximate surface area is 190 Å². The summed E-state index contributed by atoms with van der Waals surface area (Å²) >= 11 is 6.18. The number of benzene rings is 2. The molecule has 1 N–H and O–H groups in total. The number of rotatable bonds is 6. The fourth-order valence-electron chi connectivity index (χ4n) is 3.60. The first-order chi connectivity index (χ1) is 15.7. The Morgan fingerprint density at radius 1 is 0.969 bits per heavy atom. The van der Waals surface area contributed by atoms with E-state index in [4.69, 9.17) is 26.4 Å². The van der Waals surface area contributed by atoms with Crippen LogP contribution in [-0.4, -0.2) is 26.9 Å². The van der Waals surface area contributed by atoms with Gasteiger partial charge in [-0.3, -0.25) is 4.98 Å². The third kappa shape index (κ3) is 4.13. The zero-order valence-electron chi connectivity index (χ0n) is 17.4. The van der Waals surface area contributed by atoms with Crippen LogP contribution in [0.1, 0.15) is 5.56 Å². The van der Waals surface area contributed by atoms with Crippen LogP contribution in [0.3, 0.4) is 0 Å². The highest BCUT2D eigenvalue weighted by molar-refractivity contribution is 6.30. The predicted octanol–water partition coefficient (Wildman–Crippen LogP) is 5.95. The van der Waals surface area contributed by atoms with Crippen molar-refractivity contribution in [1.82, 2.24) is 19.7 Å². The van der Waals surface area contributed by atoms with Gasteiger partial charge in [0.25, 0.3) is 0 Å². The first-order valence-electron chi connectivity index (χ1n) is 10.1. The van der Waals surface area contributed by atoms with E-state index < -0.39 is 0 Å². The summed E-state index contributed by atoms with van der Waals surface area (Å²) < 4.78 is 7.26. The maximum absolute atomic E-state index is 6.18. The molecular formula is C25H20ClN5O. The van der Waals surface area contributed by atoms with Crippen molar-refractivity contribution < 1.29 is 4.74 Å². The van der Waals surface area contributed by atoms with Crippen molar-refractivity contribution in [2.75, 3.05) is 12.4 Å². The van der Waals surface area contributed by atoms with Gasteiger partial charge in [0.1, 0.15) is 5.75 Å².